The predicted molar refractivity (Wildman–Crippen MR) is 87.4 cm³/mol. The van der Waals surface area contributed by atoms with Crippen LogP contribution in [0.2, 0.25) is 0 Å². The molecule has 1 heterocycles. The summed E-state index contributed by atoms with van der Waals surface area (Å²) in [6.45, 7) is 8.40. The number of para-hydroxylation sites is 1. The molecule has 0 aliphatic rings. The lowest BCUT2D eigenvalue weighted by Gasteiger charge is -2.18. The molecule has 21 heavy (non-hydrogen) atoms. The van der Waals surface area contributed by atoms with Gasteiger partial charge >= 0.3 is 0 Å². The zero-order valence-corrected chi connectivity index (χ0v) is 12.8. The van der Waals surface area contributed by atoms with Crippen LogP contribution < -0.4 is 5.32 Å². The molecule has 0 bridgehead atoms. The van der Waals surface area contributed by atoms with E-state index < -0.39 is 0 Å². The number of anilines is 1. The summed E-state index contributed by atoms with van der Waals surface area (Å²) >= 11 is 0. The van der Waals surface area contributed by atoms with E-state index in [0.717, 1.165) is 43.5 Å². The maximum Gasteiger partial charge on any atom is 0.144 e. The Hall–Kier alpha value is -2.12. The normalized spacial score (nSPS) is 10.8. The van der Waals surface area contributed by atoms with Crippen molar-refractivity contribution in [2.24, 2.45) is 0 Å². The molecule has 0 atom stereocenters. The topological polar surface area (TPSA) is 52.0 Å². The van der Waals surface area contributed by atoms with Crippen molar-refractivity contribution < 1.29 is 0 Å². The first-order chi connectivity index (χ1) is 10.3. The Balaban J connectivity index is 2.02. The number of hydrogen-bond donors (Lipinski definition) is 1. The lowest BCUT2D eigenvalue weighted by Crippen LogP contribution is -2.25. The highest BCUT2D eigenvalue weighted by Crippen LogP contribution is 2.19. The first kappa shape index (κ1) is 15.3. The molecule has 110 valence electrons. The number of aromatic nitrogens is 1. The number of rotatable bonds is 7. The molecule has 0 unspecified atom stereocenters. The minimum absolute atomic E-state index is 0.608. The van der Waals surface area contributed by atoms with Gasteiger partial charge in [-0.3, -0.25) is 0 Å². The average molecular weight is 282 g/mol. The summed E-state index contributed by atoms with van der Waals surface area (Å²) in [6.07, 6.45) is 1.04. The summed E-state index contributed by atoms with van der Waals surface area (Å²) in [7, 11) is 0. The quantitative estimate of drug-likeness (QED) is 0.792. The van der Waals surface area contributed by atoms with Crippen LogP contribution in [0.5, 0.6) is 0 Å². The Kier molecular flexibility index (Phi) is 5.53. The monoisotopic (exact) mass is 282 g/mol. The highest BCUT2D eigenvalue weighted by molar-refractivity contribution is 5.82. The fraction of sp³-hybridized carbons (Fsp3) is 0.412. The fourth-order valence-electron chi connectivity index (χ4n) is 2.39. The summed E-state index contributed by atoms with van der Waals surface area (Å²) in [4.78, 5) is 6.95. The molecular weight excluding hydrogens is 260 g/mol. The molecule has 4 nitrogen and oxygen atoms in total. The molecule has 0 fully saturated rings. The van der Waals surface area contributed by atoms with E-state index in [1.165, 1.54) is 0 Å². The van der Waals surface area contributed by atoms with E-state index in [1.807, 2.05) is 30.3 Å². The molecule has 4 heteroatoms. The van der Waals surface area contributed by atoms with E-state index in [0.29, 0.717) is 11.4 Å². The minimum Gasteiger partial charge on any atom is -0.369 e. The highest BCUT2D eigenvalue weighted by Gasteiger charge is 2.06. The van der Waals surface area contributed by atoms with Gasteiger partial charge in [0.05, 0.1) is 11.1 Å². The maximum atomic E-state index is 9.26. The van der Waals surface area contributed by atoms with Gasteiger partial charge < -0.3 is 10.2 Å². The van der Waals surface area contributed by atoms with Gasteiger partial charge in [0.15, 0.2) is 0 Å². The number of fused-ring (bicyclic) bond motifs is 1. The van der Waals surface area contributed by atoms with Crippen LogP contribution in [0.15, 0.2) is 30.3 Å². The molecule has 0 aliphatic heterocycles. The third kappa shape index (κ3) is 3.93. The van der Waals surface area contributed by atoms with E-state index >= 15 is 0 Å². The van der Waals surface area contributed by atoms with Crippen LogP contribution in [0.4, 0.5) is 5.82 Å². The number of benzene rings is 1. The van der Waals surface area contributed by atoms with Gasteiger partial charge in [-0.2, -0.15) is 5.26 Å². The lowest BCUT2D eigenvalue weighted by atomic mass is 10.1. The van der Waals surface area contributed by atoms with Crippen molar-refractivity contribution in [2.45, 2.75) is 20.3 Å². The van der Waals surface area contributed by atoms with Gasteiger partial charge in [0.2, 0.25) is 0 Å². The van der Waals surface area contributed by atoms with Crippen molar-refractivity contribution in [3.63, 3.8) is 0 Å². The molecule has 2 rings (SSSR count). The Morgan fingerprint density at radius 2 is 2.00 bits per heavy atom. The molecule has 0 saturated carbocycles. The lowest BCUT2D eigenvalue weighted by molar-refractivity contribution is 0.303. The summed E-state index contributed by atoms with van der Waals surface area (Å²) < 4.78 is 0. The molecular formula is C17H22N4. The number of nitriles is 1. The summed E-state index contributed by atoms with van der Waals surface area (Å²) in [5.41, 5.74) is 1.53. The zero-order valence-electron chi connectivity index (χ0n) is 12.8. The number of pyridine rings is 1. The van der Waals surface area contributed by atoms with Crippen molar-refractivity contribution >= 4 is 16.7 Å². The second-order valence-electron chi connectivity index (χ2n) is 5.00. The standard InChI is InChI=1S/C17H22N4/c1-3-21(4-2)11-7-10-19-17-15(13-18)12-14-8-5-6-9-16(14)20-17/h5-6,8-9,12H,3-4,7,10-11H2,1-2H3,(H,19,20). The van der Waals surface area contributed by atoms with Crippen LogP contribution in [0, 0.1) is 11.3 Å². The number of nitrogens with one attached hydrogen (secondary N) is 1. The molecule has 1 aromatic carbocycles. The van der Waals surface area contributed by atoms with Gasteiger partial charge in [-0.15, -0.1) is 0 Å². The van der Waals surface area contributed by atoms with Crippen molar-refractivity contribution in [3.05, 3.63) is 35.9 Å². The third-order valence-electron chi connectivity index (χ3n) is 3.68. The van der Waals surface area contributed by atoms with Crippen LogP contribution >= 0.6 is 0 Å². The predicted octanol–water partition coefficient (Wildman–Crippen LogP) is 3.25. The zero-order chi connectivity index (χ0) is 15.1. The Morgan fingerprint density at radius 1 is 1.24 bits per heavy atom. The molecule has 0 saturated heterocycles. The van der Waals surface area contributed by atoms with Gasteiger partial charge in [0.25, 0.3) is 0 Å². The van der Waals surface area contributed by atoms with Gasteiger partial charge in [-0.1, -0.05) is 32.0 Å². The van der Waals surface area contributed by atoms with Gasteiger partial charge in [0.1, 0.15) is 11.9 Å². The molecule has 0 aliphatic carbocycles. The van der Waals surface area contributed by atoms with Crippen molar-refractivity contribution in [1.29, 1.82) is 5.26 Å². The van der Waals surface area contributed by atoms with Crippen molar-refractivity contribution in [3.8, 4) is 6.07 Å². The summed E-state index contributed by atoms with van der Waals surface area (Å²) in [5.74, 6) is 0.691. The Labute approximate surface area is 126 Å². The molecule has 1 N–H and O–H groups in total. The number of hydrogen-bond acceptors (Lipinski definition) is 4. The van der Waals surface area contributed by atoms with Crippen molar-refractivity contribution in [2.75, 3.05) is 31.5 Å². The van der Waals surface area contributed by atoms with Crippen LogP contribution in [-0.4, -0.2) is 36.1 Å². The average Bonchev–Trinajstić information content (AvgIpc) is 2.54. The molecule has 2 aromatic rings. The number of nitrogens with zero attached hydrogens (tertiary/aromatic N) is 3. The third-order valence-corrected chi connectivity index (χ3v) is 3.68. The molecule has 0 radical (unpaired) electrons. The smallest absolute Gasteiger partial charge is 0.144 e. The van der Waals surface area contributed by atoms with E-state index in [4.69, 9.17) is 0 Å². The van der Waals surface area contributed by atoms with Crippen LogP contribution in [-0.2, 0) is 0 Å². The summed E-state index contributed by atoms with van der Waals surface area (Å²) in [6, 6.07) is 12.0. The SMILES string of the molecule is CCN(CC)CCCNc1nc2ccccc2cc1C#N. The van der Waals surface area contributed by atoms with Crippen LogP contribution in [0.1, 0.15) is 25.8 Å². The molecule has 1 aromatic heterocycles. The maximum absolute atomic E-state index is 9.26. The van der Waals surface area contributed by atoms with Gasteiger partial charge in [-0.25, -0.2) is 4.98 Å². The van der Waals surface area contributed by atoms with Gasteiger partial charge in [0, 0.05) is 11.9 Å². The second-order valence-corrected chi connectivity index (χ2v) is 5.00. The molecule has 0 spiro atoms. The van der Waals surface area contributed by atoms with Crippen LogP contribution in [0.3, 0.4) is 0 Å². The van der Waals surface area contributed by atoms with Crippen molar-refractivity contribution in [1.82, 2.24) is 9.88 Å². The van der Waals surface area contributed by atoms with E-state index in [-0.39, 0.29) is 0 Å². The first-order valence-corrected chi connectivity index (χ1v) is 7.54. The largest absolute Gasteiger partial charge is 0.369 e. The Morgan fingerprint density at radius 3 is 2.71 bits per heavy atom. The Bertz CT molecular complexity index is 626. The highest BCUT2D eigenvalue weighted by atomic mass is 15.1. The molecule has 0 amide bonds. The summed E-state index contributed by atoms with van der Waals surface area (Å²) in [5, 5.41) is 13.6. The van der Waals surface area contributed by atoms with E-state index in [2.05, 4.69) is 35.1 Å². The van der Waals surface area contributed by atoms with Gasteiger partial charge in [-0.05, 0) is 38.2 Å². The first-order valence-electron chi connectivity index (χ1n) is 7.54. The second kappa shape index (κ2) is 7.61. The minimum atomic E-state index is 0.608. The van der Waals surface area contributed by atoms with E-state index in [1.54, 1.807) is 0 Å². The van der Waals surface area contributed by atoms with Crippen LogP contribution in [0.25, 0.3) is 10.9 Å². The fourth-order valence-corrected chi connectivity index (χ4v) is 2.39. The van der Waals surface area contributed by atoms with E-state index in [9.17, 15) is 5.26 Å².